The van der Waals surface area contributed by atoms with Gasteiger partial charge in [0.1, 0.15) is 18.4 Å². The van der Waals surface area contributed by atoms with Crippen LogP contribution in [0, 0.1) is 0 Å². The number of ether oxygens (including phenoxy) is 1. The predicted molar refractivity (Wildman–Crippen MR) is 99.7 cm³/mol. The molecule has 0 aliphatic heterocycles. The van der Waals surface area contributed by atoms with Gasteiger partial charge in [-0.25, -0.2) is 0 Å². The van der Waals surface area contributed by atoms with E-state index in [4.69, 9.17) is 10.5 Å². The van der Waals surface area contributed by atoms with Crippen molar-refractivity contribution in [2.45, 2.75) is 6.04 Å². The summed E-state index contributed by atoms with van der Waals surface area (Å²) in [6, 6.07) is 16.6. The molecule has 1 unspecified atom stereocenters. The summed E-state index contributed by atoms with van der Waals surface area (Å²) in [5, 5.41) is 2.94. The fraction of sp³-hybridized carbons (Fsp3) is 0.278. The van der Waals surface area contributed by atoms with Gasteiger partial charge in [0.15, 0.2) is 0 Å². The van der Waals surface area contributed by atoms with Crippen LogP contribution < -0.4 is 15.8 Å². The van der Waals surface area contributed by atoms with E-state index in [1.807, 2.05) is 73.6 Å². The van der Waals surface area contributed by atoms with E-state index >= 15 is 0 Å². The first-order valence-corrected chi connectivity index (χ1v) is 7.57. The lowest BCUT2D eigenvalue weighted by Crippen LogP contribution is -2.32. The Hall–Kier alpha value is -2.08. The molecule has 0 fully saturated rings. The number of anilines is 1. The highest BCUT2D eigenvalue weighted by molar-refractivity contribution is 5.95. The summed E-state index contributed by atoms with van der Waals surface area (Å²) in [5.74, 6) is 0.664. The first-order chi connectivity index (χ1) is 11.1. The molecule has 0 saturated heterocycles. The smallest absolute Gasteiger partial charge is 0.246 e. The number of nitrogens with zero attached hydrogens (tertiary/aromatic N) is 1. The van der Waals surface area contributed by atoms with Gasteiger partial charge in [0.05, 0.1) is 0 Å². The molecule has 2 rings (SSSR count). The minimum absolute atomic E-state index is 0. The molecule has 0 spiro atoms. The molecule has 0 aliphatic carbocycles. The van der Waals surface area contributed by atoms with E-state index in [0.717, 1.165) is 17.0 Å². The fourth-order valence-electron chi connectivity index (χ4n) is 2.34. The summed E-state index contributed by atoms with van der Waals surface area (Å²) >= 11 is 0. The maximum atomic E-state index is 12.6. The van der Waals surface area contributed by atoms with Crippen molar-refractivity contribution in [3.8, 4) is 5.75 Å². The number of hydrogen-bond donors (Lipinski definition) is 2. The van der Waals surface area contributed by atoms with Crippen molar-refractivity contribution >= 4 is 24.0 Å². The maximum Gasteiger partial charge on any atom is 0.246 e. The van der Waals surface area contributed by atoms with Gasteiger partial charge in [0.2, 0.25) is 5.91 Å². The number of nitrogens with two attached hydrogens (primary N) is 1. The Balaban J connectivity index is 0.00000288. The average molecular weight is 350 g/mol. The summed E-state index contributed by atoms with van der Waals surface area (Å²) in [5.41, 5.74) is 7.09. The molecule has 5 nitrogen and oxygen atoms in total. The third kappa shape index (κ3) is 5.53. The summed E-state index contributed by atoms with van der Waals surface area (Å²) in [7, 11) is 3.78. The van der Waals surface area contributed by atoms with E-state index in [1.165, 1.54) is 0 Å². The topological polar surface area (TPSA) is 67.6 Å². The molecule has 3 N–H and O–H groups in total. The van der Waals surface area contributed by atoms with E-state index < -0.39 is 0 Å². The summed E-state index contributed by atoms with van der Waals surface area (Å²) in [6.07, 6.45) is 0. The number of carbonyl (C=O) groups excluding carboxylic acids is 1. The predicted octanol–water partition coefficient (Wildman–Crippen LogP) is 2.69. The molecule has 0 saturated carbocycles. The Bertz CT molecular complexity index is 618. The highest BCUT2D eigenvalue weighted by Gasteiger charge is 2.22. The molecule has 2 aromatic carbocycles. The summed E-state index contributed by atoms with van der Waals surface area (Å²) < 4.78 is 5.42. The molecular weight excluding hydrogens is 326 g/mol. The van der Waals surface area contributed by atoms with Crippen molar-refractivity contribution in [1.82, 2.24) is 4.90 Å². The zero-order valence-corrected chi connectivity index (χ0v) is 14.8. The lowest BCUT2D eigenvalue weighted by molar-refractivity contribution is -0.120. The molecular formula is C18H24ClN3O2. The number of carbonyl (C=O) groups is 1. The Labute approximate surface area is 149 Å². The second-order valence-corrected chi connectivity index (χ2v) is 5.43. The lowest BCUT2D eigenvalue weighted by atomic mass is 10.1. The van der Waals surface area contributed by atoms with Gasteiger partial charge in [-0.3, -0.25) is 9.69 Å². The summed E-state index contributed by atoms with van der Waals surface area (Å²) in [4.78, 5) is 14.5. The second kappa shape index (κ2) is 9.93. The van der Waals surface area contributed by atoms with Crippen molar-refractivity contribution in [3.05, 3.63) is 60.2 Å². The highest BCUT2D eigenvalue weighted by atomic mass is 35.5. The van der Waals surface area contributed by atoms with Crippen LogP contribution in [0.15, 0.2) is 54.6 Å². The van der Waals surface area contributed by atoms with Gasteiger partial charge in [-0.15, -0.1) is 12.4 Å². The molecule has 0 aromatic heterocycles. The van der Waals surface area contributed by atoms with Crippen LogP contribution >= 0.6 is 12.4 Å². The average Bonchev–Trinajstić information content (AvgIpc) is 2.55. The number of amides is 1. The molecule has 0 bridgehead atoms. The van der Waals surface area contributed by atoms with E-state index in [9.17, 15) is 4.79 Å². The van der Waals surface area contributed by atoms with Crippen LogP contribution in [-0.4, -0.2) is 38.1 Å². The zero-order valence-electron chi connectivity index (χ0n) is 13.9. The van der Waals surface area contributed by atoms with Crippen LogP contribution in [0.2, 0.25) is 0 Å². The van der Waals surface area contributed by atoms with Crippen LogP contribution in [0.25, 0.3) is 0 Å². The van der Waals surface area contributed by atoms with E-state index in [2.05, 4.69) is 5.32 Å². The minimum Gasteiger partial charge on any atom is -0.492 e. The Morgan fingerprint density at radius 1 is 1.12 bits per heavy atom. The van der Waals surface area contributed by atoms with Crippen LogP contribution in [0.3, 0.4) is 0 Å². The van der Waals surface area contributed by atoms with Crippen molar-refractivity contribution in [2.24, 2.45) is 5.73 Å². The standard InChI is InChI=1S/C18H23N3O2.ClH/c1-21(2)17(14-6-4-3-5-7-14)18(22)20-15-8-10-16(11-9-15)23-13-12-19;/h3-11,17H,12-13,19H2,1-2H3,(H,20,22);1H. The Morgan fingerprint density at radius 3 is 2.29 bits per heavy atom. The van der Waals surface area contributed by atoms with Gasteiger partial charge in [-0.1, -0.05) is 30.3 Å². The first-order valence-electron chi connectivity index (χ1n) is 7.57. The molecule has 130 valence electrons. The molecule has 2 aromatic rings. The van der Waals surface area contributed by atoms with Crippen LogP contribution in [0.5, 0.6) is 5.75 Å². The van der Waals surface area contributed by atoms with Crippen LogP contribution in [-0.2, 0) is 4.79 Å². The number of benzene rings is 2. The van der Waals surface area contributed by atoms with E-state index in [0.29, 0.717) is 13.2 Å². The molecule has 1 amide bonds. The van der Waals surface area contributed by atoms with Crippen molar-refractivity contribution in [3.63, 3.8) is 0 Å². The normalized spacial score (nSPS) is 11.5. The monoisotopic (exact) mass is 349 g/mol. The van der Waals surface area contributed by atoms with E-state index in [1.54, 1.807) is 0 Å². The quantitative estimate of drug-likeness (QED) is 0.806. The SMILES string of the molecule is CN(C)C(C(=O)Nc1ccc(OCCN)cc1)c1ccccc1.Cl. The largest absolute Gasteiger partial charge is 0.492 e. The van der Waals surface area contributed by atoms with Gasteiger partial charge in [-0.05, 0) is 43.9 Å². The zero-order chi connectivity index (χ0) is 16.7. The third-order valence-electron chi connectivity index (χ3n) is 3.39. The molecule has 24 heavy (non-hydrogen) atoms. The third-order valence-corrected chi connectivity index (χ3v) is 3.39. The van der Waals surface area contributed by atoms with Gasteiger partial charge < -0.3 is 15.8 Å². The Morgan fingerprint density at radius 2 is 1.75 bits per heavy atom. The van der Waals surface area contributed by atoms with Crippen LogP contribution in [0.1, 0.15) is 11.6 Å². The molecule has 0 radical (unpaired) electrons. The minimum atomic E-state index is -0.343. The molecule has 6 heteroatoms. The Kier molecular flexibility index (Phi) is 8.26. The van der Waals surface area contributed by atoms with Gasteiger partial charge in [0, 0.05) is 12.2 Å². The van der Waals surface area contributed by atoms with Crippen molar-refractivity contribution in [2.75, 3.05) is 32.6 Å². The molecule has 0 heterocycles. The highest BCUT2D eigenvalue weighted by Crippen LogP contribution is 2.21. The van der Waals surface area contributed by atoms with Crippen LogP contribution in [0.4, 0.5) is 5.69 Å². The maximum absolute atomic E-state index is 12.6. The number of halogens is 1. The second-order valence-electron chi connectivity index (χ2n) is 5.43. The van der Waals surface area contributed by atoms with Gasteiger partial charge in [0.25, 0.3) is 0 Å². The number of hydrogen-bond acceptors (Lipinski definition) is 4. The van der Waals surface area contributed by atoms with Gasteiger partial charge >= 0.3 is 0 Å². The number of likely N-dealkylation sites (N-methyl/N-ethyl adjacent to an activating group) is 1. The van der Waals surface area contributed by atoms with Gasteiger partial charge in [-0.2, -0.15) is 0 Å². The molecule has 1 atom stereocenters. The first kappa shape index (κ1) is 20.0. The van der Waals surface area contributed by atoms with E-state index in [-0.39, 0.29) is 24.4 Å². The number of nitrogens with one attached hydrogen (secondary N) is 1. The van der Waals surface area contributed by atoms with Crippen molar-refractivity contribution in [1.29, 1.82) is 0 Å². The lowest BCUT2D eigenvalue weighted by Gasteiger charge is -2.23. The summed E-state index contributed by atoms with van der Waals surface area (Å²) in [6.45, 7) is 0.947. The fourth-order valence-corrected chi connectivity index (χ4v) is 2.34. The molecule has 0 aliphatic rings. The number of rotatable bonds is 7. The van der Waals surface area contributed by atoms with Crippen molar-refractivity contribution < 1.29 is 9.53 Å².